The maximum Gasteiger partial charge on any atom is 0.125 e. The van der Waals surface area contributed by atoms with Crippen molar-refractivity contribution in [2.75, 3.05) is 19.6 Å². The molecule has 4 heteroatoms. The SMILES string of the molecule is O=CCc1cnc(CCN2CCCCC2)s1. The zero-order valence-corrected chi connectivity index (χ0v) is 10.3. The van der Waals surface area contributed by atoms with Crippen molar-refractivity contribution in [3.63, 3.8) is 0 Å². The van der Waals surface area contributed by atoms with Gasteiger partial charge in [-0.1, -0.05) is 6.42 Å². The van der Waals surface area contributed by atoms with Gasteiger partial charge in [-0.25, -0.2) is 4.98 Å². The van der Waals surface area contributed by atoms with Crippen molar-refractivity contribution in [3.05, 3.63) is 16.1 Å². The molecule has 0 saturated carbocycles. The quantitative estimate of drug-likeness (QED) is 0.735. The van der Waals surface area contributed by atoms with Gasteiger partial charge < -0.3 is 9.69 Å². The molecule has 1 saturated heterocycles. The standard InChI is InChI=1S/C12H18N2OS/c15-9-5-11-10-13-12(16-11)4-8-14-6-2-1-3-7-14/h9-10H,1-8H2. The number of carbonyl (C=O) groups is 1. The normalized spacial score (nSPS) is 17.5. The Bertz CT molecular complexity index is 332. The molecule has 2 rings (SSSR count). The molecule has 0 aromatic carbocycles. The van der Waals surface area contributed by atoms with Crippen LogP contribution in [0.25, 0.3) is 0 Å². The van der Waals surface area contributed by atoms with Crippen molar-refractivity contribution in [3.8, 4) is 0 Å². The molecule has 88 valence electrons. The number of piperidine rings is 1. The minimum absolute atomic E-state index is 0.515. The van der Waals surface area contributed by atoms with Gasteiger partial charge in [-0.15, -0.1) is 11.3 Å². The highest BCUT2D eigenvalue weighted by atomic mass is 32.1. The van der Waals surface area contributed by atoms with Crippen LogP contribution in [0, 0.1) is 0 Å². The second kappa shape index (κ2) is 6.11. The number of carbonyl (C=O) groups excluding carboxylic acids is 1. The van der Waals surface area contributed by atoms with Gasteiger partial charge in [0.25, 0.3) is 0 Å². The van der Waals surface area contributed by atoms with Crippen LogP contribution in [0.1, 0.15) is 29.1 Å². The van der Waals surface area contributed by atoms with Crippen molar-refractivity contribution in [1.82, 2.24) is 9.88 Å². The molecular weight excluding hydrogens is 220 g/mol. The van der Waals surface area contributed by atoms with Gasteiger partial charge in [0.05, 0.1) is 5.01 Å². The molecule has 1 fully saturated rings. The number of rotatable bonds is 5. The molecule has 1 aliphatic rings. The molecule has 0 radical (unpaired) electrons. The Kier molecular flexibility index (Phi) is 4.48. The highest BCUT2D eigenvalue weighted by Gasteiger charge is 2.10. The summed E-state index contributed by atoms with van der Waals surface area (Å²) in [6.45, 7) is 3.60. The Morgan fingerprint density at radius 2 is 2.19 bits per heavy atom. The predicted octanol–water partition coefficient (Wildman–Crippen LogP) is 1.91. The first kappa shape index (κ1) is 11.7. The molecule has 1 aromatic rings. The smallest absolute Gasteiger partial charge is 0.125 e. The van der Waals surface area contributed by atoms with Crippen molar-refractivity contribution in [2.24, 2.45) is 0 Å². The van der Waals surface area contributed by atoms with Gasteiger partial charge in [0.1, 0.15) is 6.29 Å². The Balaban J connectivity index is 1.77. The lowest BCUT2D eigenvalue weighted by Crippen LogP contribution is -2.31. The summed E-state index contributed by atoms with van der Waals surface area (Å²) >= 11 is 1.68. The van der Waals surface area contributed by atoms with Crippen LogP contribution in [0.3, 0.4) is 0 Å². The van der Waals surface area contributed by atoms with Gasteiger partial charge in [0, 0.05) is 30.5 Å². The van der Waals surface area contributed by atoms with Crippen LogP contribution in [-0.2, 0) is 17.6 Å². The van der Waals surface area contributed by atoms with Crippen LogP contribution in [0.4, 0.5) is 0 Å². The average Bonchev–Trinajstić information content (AvgIpc) is 2.76. The van der Waals surface area contributed by atoms with Crippen LogP contribution < -0.4 is 0 Å². The van der Waals surface area contributed by atoms with Gasteiger partial charge in [-0.3, -0.25) is 0 Å². The molecule has 1 aliphatic heterocycles. The largest absolute Gasteiger partial charge is 0.303 e. The third-order valence-electron chi connectivity index (χ3n) is 2.98. The van der Waals surface area contributed by atoms with E-state index in [9.17, 15) is 4.79 Å². The summed E-state index contributed by atoms with van der Waals surface area (Å²) in [6.07, 6.45) is 8.40. The topological polar surface area (TPSA) is 33.2 Å². The Morgan fingerprint density at radius 3 is 2.94 bits per heavy atom. The summed E-state index contributed by atoms with van der Waals surface area (Å²) in [5, 5.41) is 1.17. The lowest BCUT2D eigenvalue weighted by molar-refractivity contribution is -0.107. The van der Waals surface area contributed by atoms with E-state index in [1.54, 1.807) is 11.3 Å². The fraction of sp³-hybridized carbons (Fsp3) is 0.667. The zero-order chi connectivity index (χ0) is 11.2. The Hall–Kier alpha value is -0.740. The molecule has 0 N–H and O–H groups in total. The molecule has 0 aliphatic carbocycles. The molecule has 0 spiro atoms. The first-order valence-corrected chi connectivity index (χ1v) is 6.79. The van der Waals surface area contributed by atoms with E-state index in [4.69, 9.17) is 0 Å². The van der Waals surface area contributed by atoms with E-state index in [2.05, 4.69) is 9.88 Å². The van der Waals surface area contributed by atoms with Crippen LogP contribution in [-0.4, -0.2) is 35.8 Å². The highest BCUT2D eigenvalue weighted by molar-refractivity contribution is 7.11. The second-order valence-corrected chi connectivity index (χ2v) is 5.44. The summed E-state index contributed by atoms with van der Waals surface area (Å²) in [4.78, 5) is 18.3. The van der Waals surface area contributed by atoms with Crippen molar-refractivity contribution in [1.29, 1.82) is 0 Å². The lowest BCUT2D eigenvalue weighted by Gasteiger charge is -2.25. The number of likely N-dealkylation sites (tertiary alicyclic amines) is 1. The summed E-state index contributed by atoms with van der Waals surface area (Å²) in [6, 6.07) is 0. The van der Waals surface area contributed by atoms with Crippen molar-refractivity contribution < 1.29 is 4.79 Å². The number of aromatic nitrogens is 1. The Labute approximate surface area is 100 Å². The highest BCUT2D eigenvalue weighted by Crippen LogP contribution is 2.15. The predicted molar refractivity (Wildman–Crippen MR) is 65.9 cm³/mol. The van der Waals surface area contributed by atoms with E-state index in [0.717, 1.165) is 24.1 Å². The van der Waals surface area contributed by atoms with E-state index >= 15 is 0 Å². The number of hydrogen-bond acceptors (Lipinski definition) is 4. The maximum absolute atomic E-state index is 10.4. The number of thiazole rings is 1. The third kappa shape index (κ3) is 3.39. The monoisotopic (exact) mass is 238 g/mol. The molecule has 0 atom stereocenters. The second-order valence-electron chi connectivity index (χ2n) is 4.24. The molecule has 2 heterocycles. The van der Waals surface area contributed by atoms with Crippen LogP contribution in [0.5, 0.6) is 0 Å². The van der Waals surface area contributed by atoms with Gasteiger partial charge in [0.15, 0.2) is 0 Å². The van der Waals surface area contributed by atoms with Gasteiger partial charge in [0.2, 0.25) is 0 Å². The number of hydrogen-bond donors (Lipinski definition) is 0. The summed E-state index contributed by atoms with van der Waals surface area (Å²) < 4.78 is 0. The van der Waals surface area contributed by atoms with E-state index in [1.165, 1.54) is 37.4 Å². The first-order valence-electron chi connectivity index (χ1n) is 5.98. The number of aldehydes is 1. The molecular formula is C12H18N2OS. The molecule has 16 heavy (non-hydrogen) atoms. The van der Waals surface area contributed by atoms with Gasteiger partial charge >= 0.3 is 0 Å². The average molecular weight is 238 g/mol. The zero-order valence-electron chi connectivity index (χ0n) is 9.52. The molecule has 0 bridgehead atoms. The van der Waals surface area contributed by atoms with Crippen molar-refractivity contribution in [2.45, 2.75) is 32.1 Å². The minimum atomic E-state index is 0.515. The van der Waals surface area contributed by atoms with E-state index in [1.807, 2.05) is 6.20 Å². The summed E-state index contributed by atoms with van der Waals surface area (Å²) in [5.74, 6) is 0. The van der Waals surface area contributed by atoms with Crippen molar-refractivity contribution >= 4 is 17.6 Å². The maximum atomic E-state index is 10.4. The fourth-order valence-corrected chi connectivity index (χ4v) is 2.94. The lowest BCUT2D eigenvalue weighted by atomic mass is 10.1. The fourth-order valence-electron chi connectivity index (χ4n) is 2.08. The third-order valence-corrected chi connectivity index (χ3v) is 4.06. The van der Waals surface area contributed by atoms with Crippen LogP contribution in [0.15, 0.2) is 6.20 Å². The van der Waals surface area contributed by atoms with E-state index in [0.29, 0.717) is 6.42 Å². The number of nitrogens with zero attached hydrogens (tertiary/aromatic N) is 2. The van der Waals surface area contributed by atoms with Gasteiger partial charge in [-0.2, -0.15) is 0 Å². The first-order chi connectivity index (χ1) is 7.88. The molecule has 1 aromatic heterocycles. The molecule has 3 nitrogen and oxygen atoms in total. The summed E-state index contributed by atoms with van der Waals surface area (Å²) in [5.41, 5.74) is 0. The van der Waals surface area contributed by atoms with E-state index in [-0.39, 0.29) is 0 Å². The molecule has 0 unspecified atom stereocenters. The van der Waals surface area contributed by atoms with Crippen LogP contribution >= 0.6 is 11.3 Å². The Morgan fingerprint density at radius 1 is 1.38 bits per heavy atom. The van der Waals surface area contributed by atoms with Crippen LogP contribution in [0.2, 0.25) is 0 Å². The van der Waals surface area contributed by atoms with Gasteiger partial charge in [-0.05, 0) is 25.9 Å². The molecule has 0 amide bonds. The van der Waals surface area contributed by atoms with E-state index < -0.39 is 0 Å². The summed E-state index contributed by atoms with van der Waals surface area (Å²) in [7, 11) is 0. The minimum Gasteiger partial charge on any atom is -0.303 e.